The molecular formula is C10H22N2O8S2. The van der Waals surface area contributed by atoms with E-state index in [1.807, 2.05) is 9.80 Å². The Kier molecular flexibility index (Phi) is 9.08. The second kappa shape index (κ2) is 9.97. The van der Waals surface area contributed by atoms with E-state index in [4.69, 9.17) is 9.81 Å². The van der Waals surface area contributed by atoms with Gasteiger partial charge in [0.05, 0.1) is 18.0 Å². The summed E-state index contributed by atoms with van der Waals surface area (Å²) in [6.45, 7) is 3.18. The number of hydrogen-bond donors (Lipinski definition) is 4. The molecule has 1 fully saturated rings. The Hall–Kier alpha value is -0.0200. The molecule has 0 aromatic carbocycles. The van der Waals surface area contributed by atoms with Crippen molar-refractivity contribution in [1.29, 1.82) is 0 Å². The van der Waals surface area contributed by atoms with Gasteiger partial charge in [-0.05, 0) is 0 Å². The highest BCUT2D eigenvalue weighted by Gasteiger charge is 2.23. The normalized spacial score (nSPS) is 20.9. The van der Waals surface area contributed by atoms with E-state index in [2.05, 4.69) is 9.37 Å². The van der Waals surface area contributed by atoms with Gasteiger partial charge in [0, 0.05) is 51.3 Å². The van der Waals surface area contributed by atoms with Gasteiger partial charge in [-0.15, -0.1) is 4.33 Å². The van der Waals surface area contributed by atoms with Crippen LogP contribution < -0.4 is 0 Å². The number of rotatable bonds is 10. The number of β-amino-alcohol motifs (C(OH)–C–C–N with tert-alkyl or cyclic N) is 2. The molecule has 132 valence electrons. The lowest BCUT2D eigenvalue weighted by molar-refractivity contribution is -0.432. The zero-order valence-electron chi connectivity index (χ0n) is 11.9. The molecule has 0 radical (unpaired) electrons. The molecule has 2 atom stereocenters. The summed E-state index contributed by atoms with van der Waals surface area (Å²) >= 11 is 0.791. The highest BCUT2D eigenvalue weighted by Crippen LogP contribution is 2.08. The smallest absolute Gasteiger partial charge is 0.267 e. The number of nitrogens with zero attached hydrogens (tertiary/aromatic N) is 2. The maximum Gasteiger partial charge on any atom is 0.267 e. The molecule has 0 aromatic heterocycles. The molecule has 1 saturated heterocycles. The summed E-state index contributed by atoms with van der Waals surface area (Å²) in [5, 5.41) is 30.7. The van der Waals surface area contributed by atoms with Crippen molar-refractivity contribution in [2.75, 3.05) is 50.8 Å². The summed E-state index contributed by atoms with van der Waals surface area (Å²) < 4.78 is 34.2. The summed E-state index contributed by atoms with van der Waals surface area (Å²) in [4.78, 5) is 3.92. The average molecular weight is 362 g/mol. The lowest BCUT2D eigenvalue weighted by Crippen LogP contribution is -2.51. The van der Waals surface area contributed by atoms with Crippen LogP contribution in [0.5, 0.6) is 0 Å². The van der Waals surface area contributed by atoms with Crippen molar-refractivity contribution in [2.45, 2.75) is 12.2 Å². The second-order valence-electron chi connectivity index (χ2n) is 5.08. The van der Waals surface area contributed by atoms with Gasteiger partial charge in [-0.1, -0.05) is 5.04 Å². The zero-order valence-corrected chi connectivity index (χ0v) is 13.6. The fourth-order valence-corrected chi connectivity index (χ4v) is 3.18. The molecule has 1 rings (SSSR count). The molecule has 1 aliphatic heterocycles. The molecule has 0 aromatic rings. The van der Waals surface area contributed by atoms with Crippen molar-refractivity contribution in [3.05, 3.63) is 0 Å². The minimum absolute atomic E-state index is 0.174. The molecule has 22 heavy (non-hydrogen) atoms. The predicted octanol–water partition coefficient (Wildman–Crippen LogP) is -1.72. The first kappa shape index (κ1) is 20.0. The number of piperazine rings is 1. The van der Waals surface area contributed by atoms with E-state index in [-0.39, 0.29) is 12.3 Å². The first-order chi connectivity index (χ1) is 10.3. The Morgan fingerprint density at radius 2 is 1.55 bits per heavy atom. The van der Waals surface area contributed by atoms with E-state index in [1.54, 1.807) is 0 Å². The quantitative estimate of drug-likeness (QED) is 0.116. The van der Waals surface area contributed by atoms with Crippen LogP contribution in [0.25, 0.3) is 0 Å². The van der Waals surface area contributed by atoms with Crippen molar-refractivity contribution >= 4 is 22.2 Å². The summed E-state index contributed by atoms with van der Waals surface area (Å²) in [5.41, 5.74) is 0. The number of aliphatic hydroxyl groups is 2. The van der Waals surface area contributed by atoms with Crippen LogP contribution in [-0.2, 0) is 19.5 Å². The van der Waals surface area contributed by atoms with Gasteiger partial charge >= 0.3 is 0 Å². The van der Waals surface area contributed by atoms with Crippen molar-refractivity contribution in [2.24, 2.45) is 0 Å². The topological polar surface area (TPSA) is 140 Å². The fourth-order valence-electron chi connectivity index (χ4n) is 2.23. The van der Waals surface area contributed by atoms with Crippen LogP contribution in [0.3, 0.4) is 0 Å². The number of hydrogen-bond acceptors (Lipinski definition) is 10. The van der Waals surface area contributed by atoms with Crippen LogP contribution in [0.1, 0.15) is 0 Å². The Balaban J connectivity index is 2.20. The minimum Gasteiger partial charge on any atom is -0.391 e. The third-order valence-corrected chi connectivity index (χ3v) is 4.63. The van der Waals surface area contributed by atoms with E-state index in [0.29, 0.717) is 32.7 Å². The van der Waals surface area contributed by atoms with Crippen LogP contribution in [0.2, 0.25) is 0 Å². The molecule has 0 bridgehead atoms. The highest BCUT2D eigenvalue weighted by atomic mass is 32.2. The van der Waals surface area contributed by atoms with Gasteiger partial charge in [-0.2, -0.15) is 8.42 Å². The highest BCUT2D eigenvalue weighted by molar-refractivity contribution is 7.94. The third-order valence-electron chi connectivity index (χ3n) is 3.14. The summed E-state index contributed by atoms with van der Waals surface area (Å²) in [5.74, 6) is -0.427. The molecule has 0 saturated carbocycles. The maximum atomic E-state index is 10.7. The van der Waals surface area contributed by atoms with Gasteiger partial charge in [-0.25, -0.2) is 5.26 Å². The van der Waals surface area contributed by atoms with E-state index < -0.39 is 28.1 Å². The monoisotopic (exact) mass is 362 g/mol. The van der Waals surface area contributed by atoms with Crippen LogP contribution in [0.15, 0.2) is 0 Å². The Morgan fingerprint density at radius 3 is 2.00 bits per heavy atom. The van der Waals surface area contributed by atoms with Gasteiger partial charge in [-0.3, -0.25) is 14.4 Å². The zero-order chi connectivity index (χ0) is 16.6. The molecule has 0 aliphatic carbocycles. The standard InChI is InChI=1S/C10H22N2O8S2/c13-9(7-21-20-19-15)5-11-1-3-12(4-2-11)6-10(14)8-22(16,17)18/h9-10,13-15H,1-8H2,(H,16,17,18). The maximum absolute atomic E-state index is 10.7. The van der Waals surface area contributed by atoms with Crippen molar-refractivity contribution in [1.82, 2.24) is 9.80 Å². The lowest BCUT2D eigenvalue weighted by Gasteiger charge is -2.36. The van der Waals surface area contributed by atoms with Gasteiger partial charge in [0.15, 0.2) is 0 Å². The molecule has 0 amide bonds. The molecule has 1 heterocycles. The summed E-state index contributed by atoms with van der Waals surface area (Å²) in [6.07, 6.45) is -1.77. The molecule has 1 aliphatic rings. The Bertz CT molecular complexity index is 402. The van der Waals surface area contributed by atoms with Crippen LogP contribution in [-0.4, -0.2) is 101 Å². The van der Waals surface area contributed by atoms with Crippen LogP contribution in [0, 0.1) is 0 Å². The average Bonchev–Trinajstić information content (AvgIpc) is 2.39. The molecular weight excluding hydrogens is 340 g/mol. The Labute approximate surface area is 133 Å². The van der Waals surface area contributed by atoms with Crippen molar-refractivity contribution in [3.8, 4) is 0 Å². The van der Waals surface area contributed by atoms with Gasteiger partial charge in [0.1, 0.15) is 5.75 Å². The minimum atomic E-state index is -4.17. The van der Waals surface area contributed by atoms with Crippen molar-refractivity contribution < 1.29 is 37.8 Å². The summed E-state index contributed by atoms with van der Waals surface area (Å²) in [6, 6.07) is 0. The molecule has 12 heteroatoms. The third kappa shape index (κ3) is 9.19. The number of aliphatic hydroxyl groups excluding tert-OH is 2. The summed E-state index contributed by atoms with van der Waals surface area (Å²) in [7, 11) is -4.17. The predicted molar refractivity (Wildman–Crippen MR) is 78.6 cm³/mol. The van der Waals surface area contributed by atoms with E-state index in [0.717, 1.165) is 12.0 Å². The SMILES string of the molecule is O=S(=O)(O)CC(O)CN1CCN(CC(O)CSOOO)CC1. The van der Waals surface area contributed by atoms with Gasteiger partial charge < -0.3 is 10.2 Å². The lowest BCUT2D eigenvalue weighted by atomic mass is 10.2. The van der Waals surface area contributed by atoms with Gasteiger partial charge in [0.25, 0.3) is 10.1 Å². The molecule has 0 spiro atoms. The second-order valence-corrected chi connectivity index (χ2v) is 7.29. The fraction of sp³-hybridized carbons (Fsp3) is 1.00. The Morgan fingerprint density at radius 1 is 1.05 bits per heavy atom. The van der Waals surface area contributed by atoms with Gasteiger partial charge in [0.2, 0.25) is 0 Å². The first-order valence-electron chi connectivity index (χ1n) is 6.66. The van der Waals surface area contributed by atoms with E-state index in [1.165, 1.54) is 0 Å². The van der Waals surface area contributed by atoms with Crippen molar-refractivity contribution in [3.63, 3.8) is 0 Å². The molecule has 2 unspecified atom stereocenters. The van der Waals surface area contributed by atoms with Crippen LogP contribution in [0.4, 0.5) is 0 Å². The van der Waals surface area contributed by atoms with E-state index in [9.17, 15) is 18.6 Å². The van der Waals surface area contributed by atoms with Crippen LogP contribution >= 0.6 is 12.0 Å². The van der Waals surface area contributed by atoms with E-state index >= 15 is 0 Å². The largest absolute Gasteiger partial charge is 0.391 e. The molecule has 4 N–H and O–H groups in total. The molecule has 10 nitrogen and oxygen atoms in total. The first-order valence-corrected chi connectivity index (χ1v) is 9.18.